The van der Waals surface area contributed by atoms with Gasteiger partial charge in [-0.1, -0.05) is 19.8 Å². The number of anilines is 2. The number of urea groups is 1. The fraction of sp³-hybridized carbons (Fsp3) is 0.417. The van der Waals surface area contributed by atoms with Crippen LogP contribution in [0.25, 0.3) is 22.2 Å². The van der Waals surface area contributed by atoms with Crippen LogP contribution in [0.2, 0.25) is 0 Å². The zero-order valence-corrected chi connectivity index (χ0v) is 19.3. The minimum atomic E-state index is -0.553. The first kappa shape index (κ1) is 22.7. The standard InChI is InChI=1S/C24H29FN6O2/c1-13-7-5-6-8-19(13)28-24(33)29-20-11-16(14(2)9-18(20)25)17-10-15-12-27-23(26-3)30-21(15)31(4)22(17)32/h9-13,19H,5-8H2,1-4H3,(H,26,27,30)(H2,28,29,33). The van der Waals surface area contributed by atoms with E-state index in [4.69, 9.17) is 0 Å². The molecule has 1 saturated carbocycles. The van der Waals surface area contributed by atoms with Crippen molar-refractivity contribution in [1.29, 1.82) is 0 Å². The third-order valence-corrected chi connectivity index (χ3v) is 6.45. The van der Waals surface area contributed by atoms with E-state index in [1.165, 1.54) is 23.1 Å². The highest BCUT2D eigenvalue weighted by Gasteiger charge is 2.23. The zero-order chi connectivity index (χ0) is 23.7. The van der Waals surface area contributed by atoms with Gasteiger partial charge in [0, 0.05) is 37.3 Å². The number of aromatic nitrogens is 3. The number of amides is 2. The van der Waals surface area contributed by atoms with Gasteiger partial charge in [0.05, 0.1) is 5.69 Å². The Bertz CT molecular complexity index is 1270. The Kier molecular flexibility index (Phi) is 6.31. The summed E-state index contributed by atoms with van der Waals surface area (Å²) in [5, 5.41) is 9.14. The summed E-state index contributed by atoms with van der Waals surface area (Å²) in [6.07, 6.45) is 5.86. The summed E-state index contributed by atoms with van der Waals surface area (Å²) in [5.74, 6) is 0.241. The van der Waals surface area contributed by atoms with Crippen LogP contribution in [0.3, 0.4) is 0 Å². The predicted molar refractivity (Wildman–Crippen MR) is 128 cm³/mol. The maximum Gasteiger partial charge on any atom is 0.319 e. The maximum absolute atomic E-state index is 14.7. The Morgan fingerprint density at radius 1 is 1.18 bits per heavy atom. The largest absolute Gasteiger partial charge is 0.357 e. The van der Waals surface area contributed by atoms with Crippen LogP contribution in [0, 0.1) is 18.7 Å². The van der Waals surface area contributed by atoms with Crippen LogP contribution in [-0.4, -0.2) is 33.7 Å². The number of hydrogen-bond donors (Lipinski definition) is 3. The van der Waals surface area contributed by atoms with Gasteiger partial charge in [-0.2, -0.15) is 4.98 Å². The van der Waals surface area contributed by atoms with E-state index in [1.54, 1.807) is 33.3 Å². The third kappa shape index (κ3) is 4.53. The first-order valence-corrected chi connectivity index (χ1v) is 11.2. The molecule has 2 heterocycles. The summed E-state index contributed by atoms with van der Waals surface area (Å²) in [6, 6.07) is 4.17. The summed E-state index contributed by atoms with van der Waals surface area (Å²) in [4.78, 5) is 34.3. The lowest BCUT2D eigenvalue weighted by Crippen LogP contribution is -2.43. The van der Waals surface area contributed by atoms with Crippen LogP contribution >= 0.6 is 0 Å². The number of rotatable bonds is 4. The number of nitrogens with one attached hydrogen (secondary N) is 3. The molecule has 2 atom stereocenters. The second-order valence-electron chi connectivity index (χ2n) is 8.76. The molecular formula is C24H29FN6O2. The number of aryl methyl sites for hydroxylation is 2. The van der Waals surface area contributed by atoms with Gasteiger partial charge >= 0.3 is 6.03 Å². The lowest BCUT2D eigenvalue weighted by atomic mass is 9.86. The topological polar surface area (TPSA) is 101 Å². The van der Waals surface area contributed by atoms with Crippen molar-refractivity contribution in [2.24, 2.45) is 13.0 Å². The first-order valence-electron chi connectivity index (χ1n) is 11.2. The normalized spacial score (nSPS) is 18.2. The molecule has 4 rings (SSSR count). The van der Waals surface area contributed by atoms with E-state index in [2.05, 4.69) is 32.8 Å². The Hall–Kier alpha value is -3.49. The van der Waals surface area contributed by atoms with Crippen LogP contribution in [0.5, 0.6) is 0 Å². The summed E-state index contributed by atoms with van der Waals surface area (Å²) in [7, 11) is 3.34. The van der Waals surface area contributed by atoms with Gasteiger partial charge in [0.25, 0.3) is 5.56 Å². The van der Waals surface area contributed by atoms with E-state index < -0.39 is 11.8 Å². The number of carbonyl (C=O) groups is 1. The van der Waals surface area contributed by atoms with E-state index in [9.17, 15) is 14.0 Å². The van der Waals surface area contributed by atoms with Crippen LogP contribution in [0.4, 0.5) is 20.8 Å². The number of hydrogen-bond acceptors (Lipinski definition) is 5. The molecule has 0 bridgehead atoms. The van der Waals surface area contributed by atoms with Gasteiger partial charge in [0.15, 0.2) is 0 Å². The first-order chi connectivity index (χ1) is 15.8. The fourth-order valence-electron chi connectivity index (χ4n) is 4.48. The Morgan fingerprint density at radius 2 is 1.94 bits per heavy atom. The van der Waals surface area contributed by atoms with Crippen molar-refractivity contribution >= 4 is 28.7 Å². The summed E-state index contributed by atoms with van der Waals surface area (Å²) >= 11 is 0. The van der Waals surface area contributed by atoms with E-state index in [1.807, 2.05) is 0 Å². The molecule has 2 unspecified atom stereocenters. The summed E-state index contributed by atoms with van der Waals surface area (Å²) in [5.41, 5.74) is 1.75. The predicted octanol–water partition coefficient (Wildman–Crippen LogP) is 4.18. The van der Waals surface area contributed by atoms with Crippen molar-refractivity contribution in [3.05, 3.63) is 46.1 Å². The van der Waals surface area contributed by atoms with Gasteiger partial charge < -0.3 is 16.0 Å². The van der Waals surface area contributed by atoms with Crippen LogP contribution in [-0.2, 0) is 7.05 Å². The molecule has 0 spiro atoms. The van der Waals surface area contributed by atoms with Gasteiger partial charge in [-0.05, 0) is 55.0 Å². The number of carbonyl (C=O) groups excluding carboxylic acids is 1. The summed E-state index contributed by atoms with van der Waals surface area (Å²) in [6.45, 7) is 3.85. The minimum Gasteiger partial charge on any atom is -0.357 e. The molecule has 1 aliphatic rings. The summed E-state index contributed by atoms with van der Waals surface area (Å²) < 4.78 is 16.2. The lowest BCUT2D eigenvalue weighted by molar-refractivity contribution is 0.232. The lowest BCUT2D eigenvalue weighted by Gasteiger charge is -2.29. The van der Waals surface area contributed by atoms with Gasteiger partial charge in [-0.25, -0.2) is 14.2 Å². The molecule has 1 aromatic carbocycles. The van der Waals surface area contributed by atoms with Gasteiger partial charge in [-0.3, -0.25) is 9.36 Å². The van der Waals surface area contributed by atoms with Crippen molar-refractivity contribution in [2.75, 3.05) is 17.7 Å². The average Bonchev–Trinajstić information content (AvgIpc) is 2.79. The van der Waals surface area contributed by atoms with E-state index >= 15 is 0 Å². The van der Waals surface area contributed by atoms with Gasteiger partial charge in [-0.15, -0.1) is 0 Å². The quantitative estimate of drug-likeness (QED) is 0.551. The Balaban J connectivity index is 1.68. The molecule has 8 nitrogen and oxygen atoms in total. The van der Waals surface area contributed by atoms with Crippen molar-refractivity contribution < 1.29 is 9.18 Å². The molecule has 0 aliphatic heterocycles. The third-order valence-electron chi connectivity index (χ3n) is 6.45. The van der Waals surface area contributed by atoms with Crippen LogP contribution in [0.1, 0.15) is 38.2 Å². The molecular weight excluding hydrogens is 423 g/mol. The second kappa shape index (κ2) is 9.17. The van der Waals surface area contributed by atoms with E-state index in [-0.39, 0.29) is 17.3 Å². The Morgan fingerprint density at radius 3 is 2.67 bits per heavy atom. The molecule has 1 aliphatic carbocycles. The highest BCUT2D eigenvalue weighted by molar-refractivity contribution is 5.91. The van der Waals surface area contributed by atoms with Crippen LogP contribution < -0.4 is 21.5 Å². The zero-order valence-electron chi connectivity index (χ0n) is 19.3. The van der Waals surface area contributed by atoms with Crippen molar-refractivity contribution in [3.8, 4) is 11.1 Å². The Labute approximate surface area is 191 Å². The molecule has 0 saturated heterocycles. The van der Waals surface area contributed by atoms with E-state index in [0.29, 0.717) is 39.6 Å². The number of benzene rings is 1. The fourth-order valence-corrected chi connectivity index (χ4v) is 4.48. The average molecular weight is 453 g/mol. The number of nitrogens with zero attached hydrogens (tertiary/aromatic N) is 3. The molecule has 3 aromatic rings. The smallest absolute Gasteiger partial charge is 0.319 e. The van der Waals surface area contributed by atoms with Crippen molar-refractivity contribution in [2.45, 2.75) is 45.6 Å². The minimum absolute atomic E-state index is 0.0282. The monoisotopic (exact) mass is 452 g/mol. The van der Waals surface area contributed by atoms with Gasteiger partial charge in [0.1, 0.15) is 11.5 Å². The molecule has 9 heteroatoms. The SMILES string of the molecule is CNc1ncc2cc(-c3cc(NC(=O)NC4CCCCC4C)c(F)cc3C)c(=O)n(C)c2n1. The molecule has 2 aromatic heterocycles. The molecule has 2 amide bonds. The number of pyridine rings is 1. The molecule has 1 fully saturated rings. The molecule has 0 radical (unpaired) electrons. The van der Waals surface area contributed by atoms with Crippen molar-refractivity contribution in [3.63, 3.8) is 0 Å². The second-order valence-corrected chi connectivity index (χ2v) is 8.76. The highest BCUT2D eigenvalue weighted by atomic mass is 19.1. The molecule has 3 N–H and O–H groups in total. The van der Waals surface area contributed by atoms with Crippen molar-refractivity contribution in [1.82, 2.24) is 19.9 Å². The molecule has 33 heavy (non-hydrogen) atoms. The van der Waals surface area contributed by atoms with E-state index in [0.717, 1.165) is 19.3 Å². The molecule has 174 valence electrons. The van der Waals surface area contributed by atoms with Crippen LogP contribution in [0.15, 0.2) is 29.2 Å². The maximum atomic E-state index is 14.7. The van der Waals surface area contributed by atoms with Gasteiger partial charge in [0.2, 0.25) is 5.95 Å². The number of halogens is 1. The number of fused-ring (bicyclic) bond motifs is 1. The highest BCUT2D eigenvalue weighted by Crippen LogP contribution is 2.29.